The summed E-state index contributed by atoms with van der Waals surface area (Å²) in [5.41, 5.74) is 3.06. The van der Waals surface area contributed by atoms with E-state index in [0.29, 0.717) is 6.42 Å². The third kappa shape index (κ3) is 3.15. The van der Waals surface area contributed by atoms with Gasteiger partial charge in [-0.1, -0.05) is 18.6 Å². The van der Waals surface area contributed by atoms with Gasteiger partial charge in [0, 0.05) is 12.0 Å². The summed E-state index contributed by atoms with van der Waals surface area (Å²) >= 11 is 0. The summed E-state index contributed by atoms with van der Waals surface area (Å²) in [7, 11) is 1.65. The van der Waals surface area contributed by atoms with Gasteiger partial charge in [0.2, 0.25) is 0 Å². The average molecular weight is 284 g/mol. The van der Waals surface area contributed by atoms with Crippen LogP contribution >= 0.6 is 0 Å². The second-order valence-electron chi connectivity index (χ2n) is 5.52. The number of fused-ring (bicyclic) bond motifs is 1. The van der Waals surface area contributed by atoms with Crippen LogP contribution in [0.3, 0.4) is 0 Å². The summed E-state index contributed by atoms with van der Waals surface area (Å²) in [6.07, 6.45) is 5.84. The first-order valence-corrected chi connectivity index (χ1v) is 7.50. The van der Waals surface area contributed by atoms with Crippen LogP contribution < -0.4 is 10.3 Å². The lowest BCUT2D eigenvalue weighted by molar-refractivity contribution is 0.414. The molecule has 1 aliphatic rings. The molecule has 0 spiro atoms. The van der Waals surface area contributed by atoms with Gasteiger partial charge in [0.25, 0.3) is 5.56 Å². The second kappa shape index (κ2) is 6.12. The van der Waals surface area contributed by atoms with Crippen LogP contribution in [0.15, 0.2) is 29.1 Å². The van der Waals surface area contributed by atoms with Crippen LogP contribution in [-0.4, -0.2) is 17.1 Å². The molecular weight excluding hydrogens is 264 g/mol. The molecule has 0 saturated heterocycles. The Kier molecular flexibility index (Phi) is 4.04. The molecule has 0 saturated carbocycles. The van der Waals surface area contributed by atoms with Gasteiger partial charge in [-0.05, 0) is 43.4 Å². The van der Waals surface area contributed by atoms with E-state index in [1.165, 1.54) is 6.42 Å². The number of benzene rings is 1. The molecule has 21 heavy (non-hydrogen) atoms. The molecule has 0 fully saturated rings. The summed E-state index contributed by atoms with van der Waals surface area (Å²) in [6.45, 7) is 0. The van der Waals surface area contributed by atoms with Crippen LogP contribution in [-0.2, 0) is 19.3 Å². The van der Waals surface area contributed by atoms with Crippen molar-refractivity contribution < 1.29 is 4.74 Å². The first-order valence-electron chi connectivity index (χ1n) is 7.50. The van der Waals surface area contributed by atoms with Crippen LogP contribution in [0.25, 0.3) is 0 Å². The van der Waals surface area contributed by atoms with Crippen molar-refractivity contribution >= 4 is 0 Å². The molecule has 0 amide bonds. The van der Waals surface area contributed by atoms with Crippen molar-refractivity contribution in [2.24, 2.45) is 0 Å². The molecule has 2 aromatic rings. The van der Waals surface area contributed by atoms with Crippen LogP contribution in [0.1, 0.15) is 41.9 Å². The molecule has 3 rings (SSSR count). The van der Waals surface area contributed by atoms with E-state index in [1.807, 2.05) is 24.3 Å². The summed E-state index contributed by atoms with van der Waals surface area (Å²) in [4.78, 5) is 19.8. The zero-order valence-electron chi connectivity index (χ0n) is 12.3. The van der Waals surface area contributed by atoms with Gasteiger partial charge in [0.15, 0.2) is 0 Å². The third-order valence-electron chi connectivity index (χ3n) is 4.02. The number of hydrogen-bond acceptors (Lipinski definition) is 3. The lowest BCUT2D eigenvalue weighted by Crippen LogP contribution is -2.19. The van der Waals surface area contributed by atoms with E-state index in [4.69, 9.17) is 4.74 Å². The first kappa shape index (κ1) is 13.9. The fourth-order valence-electron chi connectivity index (χ4n) is 2.85. The van der Waals surface area contributed by atoms with Gasteiger partial charge in [-0.3, -0.25) is 4.79 Å². The molecule has 0 radical (unpaired) electrons. The maximum atomic E-state index is 12.2. The molecule has 1 N–H and O–H groups in total. The minimum Gasteiger partial charge on any atom is -0.497 e. The lowest BCUT2D eigenvalue weighted by Gasteiger charge is -2.08. The van der Waals surface area contributed by atoms with Crippen LogP contribution in [0.4, 0.5) is 0 Å². The number of hydrogen-bond donors (Lipinski definition) is 1. The van der Waals surface area contributed by atoms with Gasteiger partial charge >= 0.3 is 0 Å². The summed E-state index contributed by atoms with van der Waals surface area (Å²) in [5, 5.41) is 0. The lowest BCUT2D eigenvalue weighted by atomic mass is 10.1. The second-order valence-corrected chi connectivity index (χ2v) is 5.52. The molecule has 1 aromatic carbocycles. The van der Waals surface area contributed by atoms with Crippen molar-refractivity contribution in [3.05, 3.63) is 57.3 Å². The first-order chi connectivity index (χ1) is 10.3. The number of aromatic amines is 1. The quantitative estimate of drug-likeness (QED) is 0.882. The molecule has 0 bridgehead atoms. The Bertz CT molecular complexity index is 674. The third-order valence-corrected chi connectivity index (χ3v) is 4.02. The van der Waals surface area contributed by atoms with Crippen LogP contribution in [0.2, 0.25) is 0 Å². The van der Waals surface area contributed by atoms with Crippen LogP contribution in [0, 0.1) is 0 Å². The zero-order valence-corrected chi connectivity index (χ0v) is 12.3. The maximum absolute atomic E-state index is 12.2. The van der Waals surface area contributed by atoms with E-state index in [2.05, 4.69) is 9.97 Å². The van der Waals surface area contributed by atoms with Crippen molar-refractivity contribution in [3.63, 3.8) is 0 Å². The Morgan fingerprint density at radius 2 is 1.90 bits per heavy atom. The molecule has 0 unspecified atom stereocenters. The van der Waals surface area contributed by atoms with Gasteiger partial charge in [-0.25, -0.2) is 4.98 Å². The standard InChI is InChI=1S/C17H20N2O2/c1-21-13-9-7-12(8-10-13)11-16-18-15-6-4-2-3-5-14(15)17(20)19-16/h7-10H,2-6,11H2,1H3,(H,18,19,20). The molecule has 1 aromatic heterocycles. The van der Waals surface area contributed by atoms with Crippen molar-refractivity contribution in [2.75, 3.05) is 7.11 Å². The van der Waals surface area contributed by atoms with E-state index >= 15 is 0 Å². The smallest absolute Gasteiger partial charge is 0.254 e. The number of aromatic nitrogens is 2. The predicted octanol–water partition coefficient (Wildman–Crippen LogP) is 2.64. The summed E-state index contributed by atoms with van der Waals surface area (Å²) in [6, 6.07) is 7.86. The number of nitrogens with one attached hydrogen (secondary N) is 1. The van der Waals surface area contributed by atoms with Crippen molar-refractivity contribution in [3.8, 4) is 5.75 Å². The Morgan fingerprint density at radius 1 is 1.14 bits per heavy atom. The molecule has 110 valence electrons. The molecule has 0 atom stereocenters. The van der Waals surface area contributed by atoms with E-state index in [1.54, 1.807) is 7.11 Å². The van der Waals surface area contributed by atoms with Gasteiger partial charge in [-0.2, -0.15) is 0 Å². The zero-order chi connectivity index (χ0) is 14.7. The van der Waals surface area contributed by atoms with E-state index < -0.39 is 0 Å². The van der Waals surface area contributed by atoms with Gasteiger partial charge < -0.3 is 9.72 Å². The minimum atomic E-state index is 0.0467. The summed E-state index contributed by atoms with van der Waals surface area (Å²) < 4.78 is 5.15. The maximum Gasteiger partial charge on any atom is 0.254 e. The number of methoxy groups -OCH3 is 1. The van der Waals surface area contributed by atoms with E-state index in [9.17, 15) is 4.79 Å². The Labute approximate surface area is 124 Å². The minimum absolute atomic E-state index is 0.0467. The van der Waals surface area contributed by atoms with Gasteiger partial charge in [-0.15, -0.1) is 0 Å². The van der Waals surface area contributed by atoms with Crippen molar-refractivity contribution in [1.29, 1.82) is 0 Å². The van der Waals surface area contributed by atoms with Crippen molar-refractivity contribution in [2.45, 2.75) is 38.5 Å². The highest BCUT2D eigenvalue weighted by molar-refractivity contribution is 5.29. The number of nitrogens with zero attached hydrogens (tertiary/aromatic N) is 1. The molecule has 1 aliphatic carbocycles. The molecular formula is C17H20N2O2. The fourth-order valence-corrected chi connectivity index (χ4v) is 2.85. The highest BCUT2D eigenvalue weighted by atomic mass is 16.5. The number of aryl methyl sites for hydroxylation is 1. The van der Waals surface area contributed by atoms with E-state index in [0.717, 1.165) is 54.1 Å². The SMILES string of the molecule is COc1ccc(Cc2nc3c(c(=O)[nH]2)CCCCC3)cc1. The molecule has 4 nitrogen and oxygen atoms in total. The van der Waals surface area contributed by atoms with Gasteiger partial charge in [0.05, 0.1) is 12.8 Å². The Balaban J connectivity index is 1.87. The average Bonchev–Trinajstić information content (AvgIpc) is 2.74. The number of rotatable bonds is 3. The summed E-state index contributed by atoms with van der Waals surface area (Å²) in [5.74, 6) is 1.59. The molecule has 1 heterocycles. The Morgan fingerprint density at radius 3 is 2.67 bits per heavy atom. The predicted molar refractivity (Wildman–Crippen MR) is 81.9 cm³/mol. The topological polar surface area (TPSA) is 55.0 Å². The fraction of sp³-hybridized carbons (Fsp3) is 0.412. The highest BCUT2D eigenvalue weighted by Gasteiger charge is 2.14. The number of ether oxygens (including phenoxy) is 1. The number of H-pyrrole nitrogens is 1. The normalized spacial score (nSPS) is 14.3. The highest BCUT2D eigenvalue weighted by Crippen LogP contribution is 2.17. The largest absolute Gasteiger partial charge is 0.497 e. The van der Waals surface area contributed by atoms with E-state index in [-0.39, 0.29) is 5.56 Å². The van der Waals surface area contributed by atoms with Crippen molar-refractivity contribution in [1.82, 2.24) is 9.97 Å². The van der Waals surface area contributed by atoms with Crippen LogP contribution in [0.5, 0.6) is 5.75 Å². The molecule has 0 aliphatic heterocycles. The monoisotopic (exact) mass is 284 g/mol. The van der Waals surface area contributed by atoms with Gasteiger partial charge in [0.1, 0.15) is 11.6 Å². The molecule has 4 heteroatoms. The Hall–Kier alpha value is -2.10.